The number of benzene rings is 2. The zero-order valence-corrected chi connectivity index (χ0v) is 20.6. The highest BCUT2D eigenvalue weighted by atomic mass is 16.5. The first-order valence-electron chi connectivity index (χ1n) is 11.7. The normalized spacial score (nSPS) is 11.5. The second kappa shape index (κ2) is 11.8. The number of pyridine rings is 1. The molecule has 0 fully saturated rings. The average Bonchev–Trinajstić information content (AvgIpc) is 3.41. The van der Waals surface area contributed by atoms with Gasteiger partial charge in [-0.3, -0.25) is 14.7 Å². The summed E-state index contributed by atoms with van der Waals surface area (Å²) in [5.41, 5.74) is 3.90. The maximum atomic E-state index is 13.1. The summed E-state index contributed by atoms with van der Waals surface area (Å²) < 4.78 is 12.4. The third-order valence-electron chi connectivity index (χ3n) is 6.11. The number of H-pyrrole nitrogens is 1. The molecular weight excluding hydrogens is 470 g/mol. The third-order valence-corrected chi connectivity index (χ3v) is 6.11. The van der Waals surface area contributed by atoms with E-state index in [9.17, 15) is 14.9 Å². The molecule has 0 saturated heterocycles. The lowest BCUT2D eigenvalue weighted by Crippen LogP contribution is -2.25. The molecular formula is C28H27N5O4. The van der Waals surface area contributed by atoms with Gasteiger partial charge < -0.3 is 19.4 Å². The Morgan fingerprint density at radius 1 is 1.14 bits per heavy atom. The molecule has 1 unspecified atom stereocenters. The summed E-state index contributed by atoms with van der Waals surface area (Å²) in [5.74, 6) is -0.135. The number of nitriles is 1. The van der Waals surface area contributed by atoms with Crippen LogP contribution in [0, 0.1) is 11.3 Å². The number of nitrogens with one attached hydrogen (secondary N) is 2. The average molecular weight is 498 g/mol. The Hall–Kier alpha value is -4.68. The van der Waals surface area contributed by atoms with Crippen molar-refractivity contribution in [1.29, 1.82) is 5.26 Å². The number of carbonyl (C=O) groups excluding carboxylic acids is 1. The standard InChI is InChI=1S/C28H27N5O4/c1-36-18-24(20-11-9-19(10-12-20)17-33-13-4-3-8-26(33)34)27-23(16-31-32-27)28(35)30-15-21-6-5-7-25(37-2)22(21)14-29/h3-13,16,24H,15,17-18H2,1-2H3,(H,30,35)(H,31,32). The molecule has 0 aliphatic rings. The number of aromatic amines is 1. The molecule has 2 aromatic heterocycles. The molecule has 188 valence electrons. The van der Waals surface area contributed by atoms with Gasteiger partial charge in [-0.1, -0.05) is 42.5 Å². The van der Waals surface area contributed by atoms with Crippen molar-refractivity contribution >= 4 is 5.91 Å². The van der Waals surface area contributed by atoms with E-state index in [1.54, 1.807) is 42.1 Å². The Balaban J connectivity index is 1.53. The van der Waals surface area contributed by atoms with Crippen molar-refractivity contribution in [2.24, 2.45) is 0 Å². The van der Waals surface area contributed by atoms with Crippen molar-refractivity contribution in [2.45, 2.75) is 19.0 Å². The molecule has 0 aliphatic carbocycles. The predicted octanol–water partition coefficient (Wildman–Crippen LogP) is 3.21. The molecule has 4 aromatic rings. The van der Waals surface area contributed by atoms with Gasteiger partial charge in [0.25, 0.3) is 11.5 Å². The van der Waals surface area contributed by atoms with Gasteiger partial charge in [-0.15, -0.1) is 0 Å². The van der Waals surface area contributed by atoms with E-state index in [0.717, 1.165) is 11.1 Å². The number of nitrogens with zero attached hydrogens (tertiary/aromatic N) is 3. The molecule has 9 heteroatoms. The number of ether oxygens (including phenoxy) is 2. The number of rotatable bonds is 10. The summed E-state index contributed by atoms with van der Waals surface area (Å²) in [6, 6.07) is 20.3. The summed E-state index contributed by atoms with van der Waals surface area (Å²) in [7, 11) is 3.10. The van der Waals surface area contributed by atoms with Crippen LogP contribution in [0.2, 0.25) is 0 Å². The number of hydrogen-bond donors (Lipinski definition) is 2. The quantitative estimate of drug-likeness (QED) is 0.347. The van der Waals surface area contributed by atoms with Gasteiger partial charge in [0.2, 0.25) is 0 Å². The largest absolute Gasteiger partial charge is 0.495 e. The van der Waals surface area contributed by atoms with Gasteiger partial charge in [0.15, 0.2) is 0 Å². The molecule has 0 bridgehead atoms. The SMILES string of the molecule is COCC(c1ccc(Cn2ccccc2=O)cc1)c1[nH]ncc1C(=O)NCc1cccc(OC)c1C#N. The summed E-state index contributed by atoms with van der Waals surface area (Å²) in [6.07, 6.45) is 3.24. The highest BCUT2D eigenvalue weighted by molar-refractivity contribution is 5.95. The molecule has 0 radical (unpaired) electrons. The minimum Gasteiger partial charge on any atom is -0.495 e. The fraction of sp³-hybridized carbons (Fsp3) is 0.214. The molecule has 2 N–H and O–H groups in total. The summed E-state index contributed by atoms with van der Waals surface area (Å²) in [4.78, 5) is 25.2. The maximum Gasteiger partial charge on any atom is 0.255 e. The monoisotopic (exact) mass is 497 g/mol. The van der Waals surface area contributed by atoms with E-state index in [2.05, 4.69) is 21.6 Å². The first-order chi connectivity index (χ1) is 18.0. The lowest BCUT2D eigenvalue weighted by molar-refractivity contribution is 0.0949. The van der Waals surface area contributed by atoms with Crippen LogP contribution in [0.3, 0.4) is 0 Å². The van der Waals surface area contributed by atoms with E-state index in [1.807, 2.05) is 30.3 Å². The number of carbonyl (C=O) groups is 1. The van der Waals surface area contributed by atoms with E-state index in [-0.39, 0.29) is 23.9 Å². The smallest absolute Gasteiger partial charge is 0.255 e. The first-order valence-corrected chi connectivity index (χ1v) is 11.7. The van der Waals surface area contributed by atoms with Gasteiger partial charge >= 0.3 is 0 Å². The van der Waals surface area contributed by atoms with Crippen LogP contribution in [0.15, 0.2) is 77.9 Å². The van der Waals surface area contributed by atoms with Gasteiger partial charge in [-0.2, -0.15) is 10.4 Å². The van der Waals surface area contributed by atoms with E-state index < -0.39 is 0 Å². The zero-order valence-electron chi connectivity index (χ0n) is 20.6. The number of hydrogen-bond acceptors (Lipinski definition) is 6. The molecule has 2 heterocycles. The van der Waals surface area contributed by atoms with E-state index in [0.29, 0.717) is 41.3 Å². The van der Waals surface area contributed by atoms with E-state index in [1.165, 1.54) is 19.4 Å². The molecule has 2 aromatic carbocycles. The number of amides is 1. The van der Waals surface area contributed by atoms with Gasteiger partial charge in [0, 0.05) is 31.8 Å². The van der Waals surface area contributed by atoms with Crippen LogP contribution >= 0.6 is 0 Å². The van der Waals surface area contributed by atoms with Gasteiger partial charge in [-0.25, -0.2) is 0 Å². The van der Waals surface area contributed by atoms with Crippen molar-refractivity contribution in [3.8, 4) is 11.8 Å². The van der Waals surface area contributed by atoms with Crippen LogP contribution in [0.4, 0.5) is 0 Å². The number of aromatic nitrogens is 3. The third kappa shape index (κ3) is 5.77. The fourth-order valence-electron chi connectivity index (χ4n) is 4.19. The highest BCUT2D eigenvalue weighted by Crippen LogP contribution is 2.27. The molecule has 1 amide bonds. The predicted molar refractivity (Wildman–Crippen MR) is 137 cm³/mol. The van der Waals surface area contributed by atoms with Crippen molar-refractivity contribution in [1.82, 2.24) is 20.1 Å². The first kappa shape index (κ1) is 25.4. The van der Waals surface area contributed by atoms with Crippen LogP contribution < -0.4 is 15.6 Å². The minimum atomic E-state index is -0.323. The summed E-state index contributed by atoms with van der Waals surface area (Å²) >= 11 is 0. The molecule has 37 heavy (non-hydrogen) atoms. The molecule has 0 spiro atoms. The van der Waals surface area contributed by atoms with Crippen LogP contribution in [-0.4, -0.2) is 41.5 Å². The summed E-state index contributed by atoms with van der Waals surface area (Å²) in [5, 5.41) is 19.5. The maximum absolute atomic E-state index is 13.1. The van der Waals surface area contributed by atoms with E-state index in [4.69, 9.17) is 9.47 Å². The minimum absolute atomic E-state index is 0.0622. The highest BCUT2D eigenvalue weighted by Gasteiger charge is 2.24. The Morgan fingerprint density at radius 3 is 2.65 bits per heavy atom. The van der Waals surface area contributed by atoms with Crippen LogP contribution in [0.25, 0.3) is 0 Å². The van der Waals surface area contributed by atoms with Crippen LogP contribution in [0.1, 0.15) is 44.2 Å². The van der Waals surface area contributed by atoms with Crippen molar-refractivity contribution in [3.05, 3.63) is 117 Å². The van der Waals surface area contributed by atoms with E-state index >= 15 is 0 Å². The topological polar surface area (TPSA) is 122 Å². The van der Waals surface area contributed by atoms with Crippen LogP contribution in [-0.2, 0) is 17.8 Å². The molecule has 0 aliphatic heterocycles. The summed E-state index contributed by atoms with van der Waals surface area (Å²) in [6.45, 7) is 0.946. The molecule has 9 nitrogen and oxygen atoms in total. The molecule has 0 saturated carbocycles. The van der Waals surface area contributed by atoms with Crippen LogP contribution in [0.5, 0.6) is 5.75 Å². The van der Waals surface area contributed by atoms with Gasteiger partial charge in [0.1, 0.15) is 11.8 Å². The second-order valence-electron chi connectivity index (χ2n) is 8.40. The van der Waals surface area contributed by atoms with Crippen molar-refractivity contribution < 1.29 is 14.3 Å². The Kier molecular flexibility index (Phi) is 8.13. The molecule has 1 atom stereocenters. The Bertz CT molecular complexity index is 1470. The molecule has 4 rings (SSSR count). The van der Waals surface area contributed by atoms with Crippen molar-refractivity contribution in [2.75, 3.05) is 20.8 Å². The Labute approximate surface area is 214 Å². The lowest BCUT2D eigenvalue weighted by Gasteiger charge is -2.18. The number of methoxy groups -OCH3 is 2. The Morgan fingerprint density at radius 2 is 1.95 bits per heavy atom. The lowest BCUT2D eigenvalue weighted by atomic mass is 9.93. The van der Waals surface area contributed by atoms with Gasteiger partial charge in [-0.05, 0) is 28.8 Å². The fourth-order valence-corrected chi connectivity index (χ4v) is 4.19. The zero-order chi connectivity index (χ0) is 26.2. The second-order valence-corrected chi connectivity index (χ2v) is 8.40. The van der Waals surface area contributed by atoms with Crippen molar-refractivity contribution in [3.63, 3.8) is 0 Å². The van der Waals surface area contributed by atoms with Gasteiger partial charge in [0.05, 0.1) is 43.3 Å².